The Morgan fingerprint density at radius 3 is 2.33 bits per heavy atom. The molecular formula is C24H25NO3S2. The molecule has 6 heteroatoms. The molecule has 4 nitrogen and oxygen atoms in total. The predicted octanol–water partition coefficient (Wildman–Crippen LogP) is 6.24. The van der Waals surface area contributed by atoms with Gasteiger partial charge >= 0.3 is 5.97 Å². The van der Waals surface area contributed by atoms with Gasteiger partial charge in [0, 0.05) is 21.8 Å². The number of ether oxygens (including phenoxy) is 1. The van der Waals surface area contributed by atoms with Crippen LogP contribution in [0.4, 0.5) is 5.00 Å². The van der Waals surface area contributed by atoms with Crippen LogP contribution in [-0.2, 0) is 10.5 Å². The Kier molecular flexibility index (Phi) is 7.00. The van der Waals surface area contributed by atoms with Gasteiger partial charge in [-0.25, -0.2) is 4.79 Å². The van der Waals surface area contributed by atoms with Gasteiger partial charge in [0.1, 0.15) is 10.6 Å². The van der Waals surface area contributed by atoms with Gasteiger partial charge in [-0.15, -0.1) is 11.3 Å². The number of benzene rings is 2. The third kappa shape index (κ3) is 4.60. The normalized spacial score (nSPS) is 10.7. The van der Waals surface area contributed by atoms with Crippen LogP contribution in [0.15, 0.2) is 42.5 Å². The minimum Gasteiger partial charge on any atom is -0.465 e. The lowest BCUT2D eigenvalue weighted by Gasteiger charge is -2.10. The minimum atomic E-state index is -0.460. The van der Waals surface area contributed by atoms with Crippen LogP contribution in [0.25, 0.3) is 11.1 Å². The summed E-state index contributed by atoms with van der Waals surface area (Å²) >= 11 is 3.12. The van der Waals surface area contributed by atoms with Crippen LogP contribution < -0.4 is 5.32 Å². The van der Waals surface area contributed by atoms with E-state index in [4.69, 9.17) is 4.74 Å². The number of methoxy groups -OCH3 is 1. The molecule has 0 unspecified atom stereocenters. The Hall–Kier alpha value is -2.57. The molecule has 0 aliphatic carbocycles. The number of anilines is 1. The fourth-order valence-electron chi connectivity index (χ4n) is 3.27. The van der Waals surface area contributed by atoms with Crippen LogP contribution in [0.2, 0.25) is 0 Å². The monoisotopic (exact) mass is 439 g/mol. The number of thiophene rings is 1. The third-order valence-corrected chi connectivity index (χ3v) is 6.67. The second kappa shape index (κ2) is 9.49. The van der Waals surface area contributed by atoms with Crippen molar-refractivity contribution in [3.63, 3.8) is 0 Å². The van der Waals surface area contributed by atoms with E-state index in [0.29, 0.717) is 16.1 Å². The summed E-state index contributed by atoms with van der Waals surface area (Å²) in [7, 11) is 1.36. The molecule has 1 amide bonds. The van der Waals surface area contributed by atoms with E-state index in [1.54, 1.807) is 11.8 Å². The highest BCUT2D eigenvalue weighted by atomic mass is 32.2. The highest BCUT2D eigenvalue weighted by Gasteiger charge is 2.25. The molecule has 0 spiro atoms. The Balaban J connectivity index is 1.99. The number of amides is 1. The second-order valence-electron chi connectivity index (χ2n) is 7.11. The van der Waals surface area contributed by atoms with E-state index in [1.807, 2.05) is 56.5 Å². The van der Waals surface area contributed by atoms with Gasteiger partial charge in [0.05, 0.1) is 7.11 Å². The van der Waals surface area contributed by atoms with Gasteiger partial charge in [0.15, 0.2) is 0 Å². The van der Waals surface area contributed by atoms with Gasteiger partial charge in [-0.05, 0) is 61.4 Å². The van der Waals surface area contributed by atoms with E-state index in [1.165, 1.54) is 29.6 Å². The average molecular weight is 440 g/mol. The molecule has 0 aliphatic rings. The standard InChI is InChI=1S/C24H25NO3S2/c1-14-6-9-19(12-15(14)2)20-16(3)30-23(21(20)24(27)28-4)25-22(26)18-10-7-17(8-11-18)13-29-5/h6-12H,13H2,1-5H3,(H,25,26). The first kappa shape index (κ1) is 22.1. The van der Waals surface area contributed by atoms with Crippen molar-refractivity contribution in [1.29, 1.82) is 0 Å². The van der Waals surface area contributed by atoms with Crippen LogP contribution in [0.1, 0.15) is 42.3 Å². The largest absolute Gasteiger partial charge is 0.465 e. The number of hydrogen-bond donors (Lipinski definition) is 1. The lowest BCUT2D eigenvalue weighted by atomic mass is 9.97. The first-order chi connectivity index (χ1) is 14.3. The smallest absolute Gasteiger partial charge is 0.341 e. The summed E-state index contributed by atoms with van der Waals surface area (Å²) in [6.07, 6.45) is 2.04. The summed E-state index contributed by atoms with van der Waals surface area (Å²) in [5.74, 6) is 0.194. The van der Waals surface area contributed by atoms with Crippen molar-refractivity contribution in [1.82, 2.24) is 0 Å². The molecular weight excluding hydrogens is 414 g/mol. The van der Waals surface area contributed by atoms with Gasteiger partial charge in [-0.1, -0.05) is 30.3 Å². The second-order valence-corrected chi connectivity index (χ2v) is 9.20. The van der Waals surface area contributed by atoms with Gasteiger partial charge < -0.3 is 10.1 Å². The minimum absolute atomic E-state index is 0.247. The predicted molar refractivity (Wildman–Crippen MR) is 127 cm³/mol. The van der Waals surface area contributed by atoms with E-state index in [2.05, 4.69) is 18.3 Å². The van der Waals surface area contributed by atoms with Crippen molar-refractivity contribution in [2.75, 3.05) is 18.7 Å². The molecule has 3 rings (SSSR count). The van der Waals surface area contributed by atoms with E-state index in [9.17, 15) is 9.59 Å². The number of rotatable bonds is 6. The molecule has 2 aromatic carbocycles. The topological polar surface area (TPSA) is 55.4 Å². The number of carbonyl (C=O) groups excluding carboxylic acids is 2. The van der Waals surface area contributed by atoms with Gasteiger partial charge in [0.25, 0.3) is 5.91 Å². The number of hydrogen-bond acceptors (Lipinski definition) is 5. The van der Waals surface area contributed by atoms with Crippen LogP contribution in [-0.4, -0.2) is 25.2 Å². The summed E-state index contributed by atoms with van der Waals surface area (Å²) < 4.78 is 5.05. The fraction of sp³-hybridized carbons (Fsp3) is 0.250. The molecule has 0 aliphatic heterocycles. The molecule has 0 saturated carbocycles. The van der Waals surface area contributed by atoms with Crippen molar-refractivity contribution in [3.05, 3.63) is 75.2 Å². The number of nitrogens with one attached hydrogen (secondary N) is 1. The molecule has 0 atom stereocenters. The molecule has 1 heterocycles. The zero-order chi connectivity index (χ0) is 21.8. The Morgan fingerprint density at radius 1 is 1.03 bits per heavy atom. The molecule has 30 heavy (non-hydrogen) atoms. The summed E-state index contributed by atoms with van der Waals surface area (Å²) in [6.45, 7) is 6.05. The molecule has 0 bridgehead atoms. The SMILES string of the molecule is COC(=O)c1c(NC(=O)c2ccc(CSC)cc2)sc(C)c1-c1ccc(C)c(C)c1. The van der Waals surface area contributed by atoms with Crippen molar-refractivity contribution < 1.29 is 14.3 Å². The van der Waals surface area contributed by atoms with E-state index >= 15 is 0 Å². The maximum atomic E-state index is 12.8. The molecule has 156 valence electrons. The molecule has 0 radical (unpaired) electrons. The highest BCUT2D eigenvalue weighted by molar-refractivity contribution is 7.97. The zero-order valence-corrected chi connectivity index (χ0v) is 19.4. The zero-order valence-electron chi connectivity index (χ0n) is 17.8. The van der Waals surface area contributed by atoms with Crippen LogP contribution >= 0.6 is 23.1 Å². The van der Waals surface area contributed by atoms with Crippen LogP contribution in [0, 0.1) is 20.8 Å². The average Bonchev–Trinajstić information content (AvgIpc) is 3.05. The quantitative estimate of drug-likeness (QED) is 0.462. The summed E-state index contributed by atoms with van der Waals surface area (Å²) in [4.78, 5) is 26.4. The molecule has 0 fully saturated rings. The molecule has 1 N–H and O–H groups in total. The molecule has 3 aromatic rings. The Labute approximate surface area is 185 Å². The van der Waals surface area contributed by atoms with Crippen molar-refractivity contribution in [2.45, 2.75) is 26.5 Å². The van der Waals surface area contributed by atoms with Crippen molar-refractivity contribution in [3.8, 4) is 11.1 Å². The van der Waals surface area contributed by atoms with E-state index in [0.717, 1.165) is 27.3 Å². The van der Waals surface area contributed by atoms with E-state index < -0.39 is 5.97 Å². The summed E-state index contributed by atoms with van der Waals surface area (Å²) in [5.41, 5.74) is 6.19. The summed E-state index contributed by atoms with van der Waals surface area (Å²) in [6, 6.07) is 13.6. The highest BCUT2D eigenvalue weighted by Crippen LogP contribution is 2.41. The van der Waals surface area contributed by atoms with Gasteiger partial charge in [0.2, 0.25) is 0 Å². The number of carbonyl (C=O) groups is 2. The first-order valence-electron chi connectivity index (χ1n) is 9.54. The summed E-state index contributed by atoms with van der Waals surface area (Å²) in [5, 5.41) is 3.43. The van der Waals surface area contributed by atoms with Crippen molar-refractivity contribution >= 4 is 40.0 Å². The molecule has 1 aromatic heterocycles. The Bertz CT molecular complexity index is 1080. The fourth-order valence-corrected chi connectivity index (χ4v) is 4.85. The first-order valence-corrected chi connectivity index (χ1v) is 11.7. The van der Waals surface area contributed by atoms with Crippen molar-refractivity contribution in [2.24, 2.45) is 0 Å². The molecule has 0 saturated heterocycles. The van der Waals surface area contributed by atoms with Crippen LogP contribution in [0.5, 0.6) is 0 Å². The number of esters is 1. The van der Waals surface area contributed by atoms with E-state index in [-0.39, 0.29) is 5.91 Å². The number of aryl methyl sites for hydroxylation is 3. The van der Waals surface area contributed by atoms with Crippen LogP contribution in [0.3, 0.4) is 0 Å². The lowest BCUT2D eigenvalue weighted by Crippen LogP contribution is -2.14. The van der Waals surface area contributed by atoms with Gasteiger partial charge in [-0.2, -0.15) is 11.8 Å². The Morgan fingerprint density at radius 2 is 1.73 bits per heavy atom. The third-order valence-electron chi connectivity index (χ3n) is 5.02. The number of thioether (sulfide) groups is 1. The maximum absolute atomic E-state index is 12.8. The maximum Gasteiger partial charge on any atom is 0.341 e. The lowest BCUT2D eigenvalue weighted by molar-refractivity contribution is 0.0603. The van der Waals surface area contributed by atoms with Gasteiger partial charge in [-0.3, -0.25) is 4.79 Å².